The number of hydrogen-bond acceptors (Lipinski definition) is 6. The van der Waals surface area contributed by atoms with Crippen molar-refractivity contribution < 1.29 is 18.8 Å². The number of benzene rings is 1. The lowest BCUT2D eigenvalue weighted by molar-refractivity contribution is -0.142. The SMILES string of the molecule is CCc1nc(C2CCCN(C(=O)C3COc4ccccc4O3)C2)no1. The largest absolute Gasteiger partial charge is 0.485 e. The second kappa shape index (κ2) is 6.74. The van der Waals surface area contributed by atoms with Gasteiger partial charge in [-0.2, -0.15) is 4.98 Å². The summed E-state index contributed by atoms with van der Waals surface area (Å²) < 4.78 is 16.7. The van der Waals surface area contributed by atoms with Crippen LogP contribution in [0.25, 0.3) is 0 Å². The second-order valence-corrected chi connectivity index (χ2v) is 6.39. The monoisotopic (exact) mass is 343 g/mol. The number of likely N-dealkylation sites (tertiary alicyclic amines) is 1. The molecule has 0 radical (unpaired) electrons. The Bertz CT molecular complexity index is 760. The van der Waals surface area contributed by atoms with Crippen LogP contribution in [0.3, 0.4) is 0 Å². The molecule has 1 saturated heterocycles. The summed E-state index contributed by atoms with van der Waals surface area (Å²) in [5.74, 6) is 2.70. The highest BCUT2D eigenvalue weighted by atomic mass is 16.6. The standard InChI is InChI=1S/C18H21N3O4/c1-2-16-19-17(20-25-16)12-6-5-9-21(10-12)18(22)15-11-23-13-7-3-4-8-14(13)24-15/h3-4,7-8,12,15H,2,5-6,9-11H2,1H3. The van der Waals surface area contributed by atoms with Gasteiger partial charge in [-0.25, -0.2) is 0 Å². The van der Waals surface area contributed by atoms with E-state index in [2.05, 4.69) is 10.1 Å². The molecule has 0 N–H and O–H groups in total. The number of hydrogen-bond donors (Lipinski definition) is 0. The highest BCUT2D eigenvalue weighted by molar-refractivity contribution is 5.82. The Labute approximate surface area is 145 Å². The number of rotatable bonds is 3. The van der Waals surface area contributed by atoms with Crippen LogP contribution < -0.4 is 9.47 Å². The first kappa shape index (κ1) is 15.9. The fourth-order valence-electron chi connectivity index (χ4n) is 3.31. The van der Waals surface area contributed by atoms with Crippen LogP contribution in [0.1, 0.15) is 37.4 Å². The van der Waals surface area contributed by atoms with Crippen molar-refractivity contribution in [3.05, 3.63) is 36.0 Å². The zero-order valence-electron chi connectivity index (χ0n) is 14.2. The summed E-state index contributed by atoms with van der Waals surface area (Å²) >= 11 is 0. The highest BCUT2D eigenvalue weighted by Crippen LogP contribution is 2.32. The molecule has 2 aliphatic heterocycles. The Hall–Kier alpha value is -2.57. The first-order valence-electron chi connectivity index (χ1n) is 8.74. The second-order valence-electron chi connectivity index (χ2n) is 6.39. The van der Waals surface area contributed by atoms with Crippen molar-refractivity contribution in [2.24, 2.45) is 0 Å². The van der Waals surface area contributed by atoms with Gasteiger partial charge >= 0.3 is 0 Å². The predicted octanol–water partition coefficient (Wildman–Crippen LogP) is 2.18. The van der Waals surface area contributed by atoms with Crippen molar-refractivity contribution in [3.8, 4) is 11.5 Å². The van der Waals surface area contributed by atoms with E-state index in [4.69, 9.17) is 14.0 Å². The van der Waals surface area contributed by atoms with Gasteiger partial charge < -0.3 is 18.9 Å². The van der Waals surface area contributed by atoms with Gasteiger partial charge in [0, 0.05) is 25.4 Å². The molecule has 0 bridgehead atoms. The van der Waals surface area contributed by atoms with Gasteiger partial charge in [0.2, 0.25) is 12.0 Å². The molecule has 4 rings (SSSR count). The van der Waals surface area contributed by atoms with Crippen molar-refractivity contribution in [1.82, 2.24) is 15.0 Å². The Balaban J connectivity index is 1.43. The molecule has 7 heteroatoms. The predicted molar refractivity (Wildman–Crippen MR) is 88.6 cm³/mol. The van der Waals surface area contributed by atoms with E-state index < -0.39 is 6.10 Å². The lowest BCUT2D eigenvalue weighted by atomic mass is 9.97. The Morgan fingerprint density at radius 3 is 2.96 bits per heavy atom. The van der Waals surface area contributed by atoms with Crippen LogP contribution >= 0.6 is 0 Å². The van der Waals surface area contributed by atoms with Gasteiger partial charge in [0.1, 0.15) is 6.61 Å². The molecule has 0 aliphatic carbocycles. The number of carbonyl (C=O) groups excluding carboxylic acids is 1. The molecule has 132 valence electrons. The van der Waals surface area contributed by atoms with E-state index >= 15 is 0 Å². The number of aromatic nitrogens is 2. The average Bonchev–Trinajstić information content (AvgIpc) is 3.16. The quantitative estimate of drug-likeness (QED) is 0.850. The zero-order valence-corrected chi connectivity index (χ0v) is 14.2. The average molecular weight is 343 g/mol. The third kappa shape index (κ3) is 3.18. The van der Waals surface area contributed by atoms with Crippen LogP contribution in [0.5, 0.6) is 11.5 Å². The van der Waals surface area contributed by atoms with Crippen LogP contribution in [-0.2, 0) is 11.2 Å². The molecule has 1 amide bonds. The summed E-state index contributed by atoms with van der Waals surface area (Å²) in [4.78, 5) is 19.1. The highest BCUT2D eigenvalue weighted by Gasteiger charge is 2.34. The molecular formula is C18H21N3O4. The van der Waals surface area contributed by atoms with Gasteiger partial charge in [-0.05, 0) is 25.0 Å². The molecule has 2 aliphatic rings. The summed E-state index contributed by atoms with van der Waals surface area (Å²) in [5, 5.41) is 4.07. The van der Waals surface area contributed by atoms with E-state index in [1.807, 2.05) is 36.1 Å². The first-order valence-corrected chi connectivity index (χ1v) is 8.74. The molecule has 1 fully saturated rings. The van der Waals surface area contributed by atoms with E-state index in [1.165, 1.54) is 0 Å². The number of carbonyl (C=O) groups is 1. The maximum absolute atomic E-state index is 12.9. The van der Waals surface area contributed by atoms with Gasteiger partial charge in [-0.15, -0.1) is 0 Å². The minimum absolute atomic E-state index is 0.0431. The number of para-hydroxylation sites is 2. The van der Waals surface area contributed by atoms with Crippen molar-refractivity contribution in [1.29, 1.82) is 0 Å². The molecule has 1 aromatic heterocycles. The number of ether oxygens (including phenoxy) is 2. The number of amides is 1. The Morgan fingerprint density at radius 1 is 1.32 bits per heavy atom. The van der Waals surface area contributed by atoms with Crippen LogP contribution in [0, 0.1) is 0 Å². The van der Waals surface area contributed by atoms with Gasteiger partial charge in [-0.1, -0.05) is 24.2 Å². The van der Waals surface area contributed by atoms with E-state index in [0.717, 1.165) is 25.8 Å². The van der Waals surface area contributed by atoms with E-state index in [-0.39, 0.29) is 18.4 Å². The molecule has 2 atom stereocenters. The normalized spacial score (nSPS) is 22.7. The number of aryl methyl sites for hydroxylation is 1. The summed E-state index contributed by atoms with van der Waals surface area (Å²) in [6, 6.07) is 7.41. The minimum atomic E-state index is -0.606. The smallest absolute Gasteiger partial charge is 0.267 e. The lowest BCUT2D eigenvalue weighted by Crippen LogP contribution is -2.49. The number of nitrogens with zero attached hydrogens (tertiary/aromatic N) is 3. The van der Waals surface area contributed by atoms with Crippen molar-refractivity contribution >= 4 is 5.91 Å². The molecule has 0 saturated carbocycles. The minimum Gasteiger partial charge on any atom is -0.485 e. The molecule has 25 heavy (non-hydrogen) atoms. The fourth-order valence-corrected chi connectivity index (χ4v) is 3.31. The summed E-state index contributed by atoms with van der Waals surface area (Å²) in [5.41, 5.74) is 0. The molecule has 2 unspecified atom stereocenters. The van der Waals surface area contributed by atoms with Crippen LogP contribution in [-0.4, -0.2) is 46.7 Å². The Morgan fingerprint density at radius 2 is 2.16 bits per heavy atom. The maximum Gasteiger partial charge on any atom is 0.267 e. The van der Waals surface area contributed by atoms with E-state index in [0.29, 0.717) is 29.8 Å². The third-order valence-electron chi connectivity index (χ3n) is 4.67. The van der Waals surface area contributed by atoms with Gasteiger partial charge in [0.25, 0.3) is 5.91 Å². The van der Waals surface area contributed by atoms with E-state index in [9.17, 15) is 4.79 Å². The molecule has 3 heterocycles. The van der Waals surface area contributed by atoms with Gasteiger partial charge in [-0.3, -0.25) is 4.79 Å². The van der Waals surface area contributed by atoms with Gasteiger partial charge in [0.15, 0.2) is 17.3 Å². The summed E-state index contributed by atoms with van der Waals surface area (Å²) in [7, 11) is 0. The lowest BCUT2D eigenvalue weighted by Gasteiger charge is -2.35. The van der Waals surface area contributed by atoms with Crippen molar-refractivity contribution in [2.75, 3.05) is 19.7 Å². The molecule has 0 spiro atoms. The maximum atomic E-state index is 12.9. The van der Waals surface area contributed by atoms with E-state index in [1.54, 1.807) is 0 Å². The Kier molecular flexibility index (Phi) is 4.29. The van der Waals surface area contributed by atoms with Crippen LogP contribution in [0.2, 0.25) is 0 Å². The van der Waals surface area contributed by atoms with Crippen molar-refractivity contribution in [3.63, 3.8) is 0 Å². The summed E-state index contributed by atoms with van der Waals surface area (Å²) in [6.45, 7) is 3.52. The third-order valence-corrected chi connectivity index (χ3v) is 4.67. The van der Waals surface area contributed by atoms with Crippen LogP contribution in [0.4, 0.5) is 0 Å². The fraction of sp³-hybridized carbons (Fsp3) is 0.500. The summed E-state index contributed by atoms with van der Waals surface area (Å²) in [6.07, 6.45) is 1.98. The first-order chi connectivity index (χ1) is 12.2. The number of piperidine rings is 1. The molecule has 7 nitrogen and oxygen atoms in total. The topological polar surface area (TPSA) is 77.7 Å². The molecule has 1 aromatic carbocycles. The zero-order chi connectivity index (χ0) is 17.2. The van der Waals surface area contributed by atoms with Crippen molar-refractivity contribution in [2.45, 2.75) is 38.2 Å². The molecular weight excluding hydrogens is 322 g/mol. The van der Waals surface area contributed by atoms with Crippen LogP contribution in [0.15, 0.2) is 28.8 Å². The molecule has 2 aromatic rings. The number of fused-ring (bicyclic) bond motifs is 1. The van der Waals surface area contributed by atoms with Gasteiger partial charge in [0.05, 0.1) is 0 Å².